The topological polar surface area (TPSA) is 47.4 Å². The molecule has 1 saturated heterocycles. The fourth-order valence-electron chi connectivity index (χ4n) is 2.13. The molecule has 2 unspecified atom stereocenters. The first kappa shape index (κ1) is 11.1. The number of rotatable bonds is 4. The standard InChI is InChI=1S/C11H17N3O2/c1-9(7-13-6-4-12-8-13)14-5-3-10(14)11(15)16-2/h4,6,8-10H,3,5,7H2,1-2H3. The zero-order valence-electron chi connectivity index (χ0n) is 9.67. The number of likely N-dealkylation sites (tertiary alicyclic amines) is 1. The minimum absolute atomic E-state index is 0.0523. The van der Waals surface area contributed by atoms with Gasteiger partial charge in [0, 0.05) is 31.5 Å². The maximum Gasteiger partial charge on any atom is 0.323 e. The summed E-state index contributed by atoms with van der Waals surface area (Å²) in [6, 6.07) is 0.274. The Morgan fingerprint density at radius 1 is 1.69 bits per heavy atom. The first-order valence-electron chi connectivity index (χ1n) is 5.51. The monoisotopic (exact) mass is 223 g/mol. The van der Waals surface area contributed by atoms with Crippen molar-refractivity contribution in [3.8, 4) is 0 Å². The summed E-state index contributed by atoms with van der Waals surface area (Å²) in [7, 11) is 1.44. The van der Waals surface area contributed by atoms with Crippen LogP contribution >= 0.6 is 0 Å². The summed E-state index contributed by atoms with van der Waals surface area (Å²) in [5.74, 6) is -0.122. The summed E-state index contributed by atoms with van der Waals surface area (Å²) in [6.07, 6.45) is 6.40. The summed E-state index contributed by atoms with van der Waals surface area (Å²) in [5, 5.41) is 0. The van der Waals surface area contributed by atoms with E-state index in [2.05, 4.69) is 16.8 Å². The average Bonchev–Trinajstić information content (AvgIpc) is 2.68. The second kappa shape index (κ2) is 4.65. The van der Waals surface area contributed by atoms with E-state index >= 15 is 0 Å². The van der Waals surface area contributed by atoms with Crippen LogP contribution in [0, 0.1) is 0 Å². The number of hydrogen-bond acceptors (Lipinski definition) is 4. The molecule has 0 radical (unpaired) electrons. The Bertz CT molecular complexity index is 350. The molecule has 2 atom stereocenters. The Labute approximate surface area is 95.0 Å². The molecule has 0 spiro atoms. The number of aromatic nitrogens is 2. The van der Waals surface area contributed by atoms with E-state index in [-0.39, 0.29) is 12.0 Å². The van der Waals surface area contributed by atoms with Crippen LogP contribution in [-0.4, -0.2) is 46.2 Å². The van der Waals surface area contributed by atoms with Gasteiger partial charge in [0.2, 0.25) is 0 Å². The maximum atomic E-state index is 11.4. The number of ether oxygens (including phenoxy) is 1. The highest BCUT2D eigenvalue weighted by molar-refractivity contribution is 5.76. The Morgan fingerprint density at radius 3 is 3.00 bits per heavy atom. The van der Waals surface area contributed by atoms with Gasteiger partial charge in [0.05, 0.1) is 13.4 Å². The van der Waals surface area contributed by atoms with E-state index < -0.39 is 0 Å². The van der Waals surface area contributed by atoms with Gasteiger partial charge in [0.1, 0.15) is 6.04 Å². The lowest BCUT2D eigenvalue weighted by Gasteiger charge is -2.43. The fraction of sp³-hybridized carbons (Fsp3) is 0.636. The number of carbonyl (C=O) groups excluding carboxylic acids is 1. The number of methoxy groups -OCH3 is 1. The van der Waals surface area contributed by atoms with Crippen LogP contribution in [0.2, 0.25) is 0 Å². The van der Waals surface area contributed by atoms with Crippen LogP contribution in [0.15, 0.2) is 18.7 Å². The highest BCUT2D eigenvalue weighted by Crippen LogP contribution is 2.22. The molecule has 5 nitrogen and oxygen atoms in total. The quantitative estimate of drug-likeness (QED) is 0.698. The lowest BCUT2D eigenvalue weighted by atomic mass is 10.0. The molecule has 88 valence electrons. The Balaban J connectivity index is 1.90. The van der Waals surface area contributed by atoms with Gasteiger partial charge in [0.25, 0.3) is 0 Å². The molecule has 0 N–H and O–H groups in total. The second-order valence-corrected chi connectivity index (χ2v) is 4.17. The molecule has 1 aliphatic rings. The maximum absolute atomic E-state index is 11.4. The van der Waals surface area contributed by atoms with Crippen molar-refractivity contribution in [2.45, 2.75) is 32.0 Å². The molecule has 0 saturated carbocycles. The zero-order chi connectivity index (χ0) is 11.5. The third-order valence-corrected chi connectivity index (χ3v) is 3.13. The summed E-state index contributed by atoms with van der Waals surface area (Å²) >= 11 is 0. The molecule has 2 rings (SSSR count). The van der Waals surface area contributed by atoms with Crippen LogP contribution in [0.3, 0.4) is 0 Å². The summed E-state index contributed by atoms with van der Waals surface area (Å²) in [5.41, 5.74) is 0. The van der Waals surface area contributed by atoms with Gasteiger partial charge >= 0.3 is 5.97 Å². The lowest BCUT2D eigenvalue weighted by Crippen LogP contribution is -2.57. The van der Waals surface area contributed by atoms with Gasteiger partial charge in [-0.2, -0.15) is 0 Å². The van der Waals surface area contributed by atoms with Gasteiger partial charge in [-0.1, -0.05) is 0 Å². The van der Waals surface area contributed by atoms with Crippen molar-refractivity contribution in [2.75, 3.05) is 13.7 Å². The number of carbonyl (C=O) groups is 1. The van der Waals surface area contributed by atoms with Gasteiger partial charge in [-0.3, -0.25) is 9.69 Å². The van der Waals surface area contributed by atoms with E-state index in [0.29, 0.717) is 6.04 Å². The molecule has 1 fully saturated rings. The summed E-state index contributed by atoms with van der Waals surface area (Å²) in [6.45, 7) is 3.94. The molecule has 1 aliphatic heterocycles. The summed E-state index contributed by atoms with van der Waals surface area (Å²) in [4.78, 5) is 17.6. The van der Waals surface area contributed by atoms with Crippen LogP contribution < -0.4 is 0 Å². The van der Waals surface area contributed by atoms with E-state index in [1.165, 1.54) is 7.11 Å². The predicted octanol–water partition coefficient (Wildman–Crippen LogP) is 0.519. The molecule has 0 bridgehead atoms. The van der Waals surface area contributed by atoms with E-state index in [1.54, 1.807) is 12.5 Å². The number of nitrogens with zero attached hydrogens (tertiary/aromatic N) is 3. The molecule has 5 heteroatoms. The van der Waals surface area contributed by atoms with Crippen molar-refractivity contribution in [1.29, 1.82) is 0 Å². The Hall–Kier alpha value is -1.36. The lowest BCUT2D eigenvalue weighted by molar-refractivity contribution is -0.153. The average molecular weight is 223 g/mol. The first-order chi connectivity index (χ1) is 7.72. The van der Waals surface area contributed by atoms with Crippen molar-refractivity contribution in [1.82, 2.24) is 14.5 Å². The molecular weight excluding hydrogens is 206 g/mol. The van der Waals surface area contributed by atoms with Crippen LogP contribution in [0.1, 0.15) is 13.3 Å². The second-order valence-electron chi connectivity index (χ2n) is 4.17. The number of hydrogen-bond donors (Lipinski definition) is 0. The van der Waals surface area contributed by atoms with E-state index in [9.17, 15) is 4.79 Å². The van der Waals surface area contributed by atoms with Gasteiger partial charge < -0.3 is 9.30 Å². The molecular formula is C11H17N3O2. The molecule has 0 amide bonds. The third-order valence-electron chi connectivity index (χ3n) is 3.13. The highest BCUT2D eigenvalue weighted by Gasteiger charge is 2.37. The minimum atomic E-state index is -0.122. The Morgan fingerprint density at radius 2 is 2.50 bits per heavy atom. The molecule has 16 heavy (non-hydrogen) atoms. The molecule has 0 aliphatic carbocycles. The zero-order valence-corrected chi connectivity index (χ0v) is 9.67. The van der Waals surface area contributed by atoms with E-state index in [0.717, 1.165) is 19.5 Å². The van der Waals surface area contributed by atoms with Gasteiger partial charge in [-0.15, -0.1) is 0 Å². The van der Waals surface area contributed by atoms with Gasteiger partial charge in [0.15, 0.2) is 0 Å². The van der Waals surface area contributed by atoms with Crippen LogP contribution in [-0.2, 0) is 16.1 Å². The fourth-order valence-corrected chi connectivity index (χ4v) is 2.13. The van der Waals surface area contributed by atoms with Crippen molar-refractivity contribution in [3.63, 3.8) is 0 Å². The van der Waals surface area contributed by atoms with Crippen LogP contribution in [0.25, 0.3) is 0 Å². The van der Waals surface area contributed by atoms with Gasteiger partial charge in [-0.05, 0) is 13.3 Å². The SMILES string of the molecule is COC(=O)C1CCN1C(C)Cn1ccnc1. The normalized spacial score (nSPS) is 22.5. The number of esters is 1. The largest absolute Gasteiger partial charge is 0.468 e. The molecule has 1 aromatic rings. The van der Waals surface area contributed by atoms with Crippen LogP contribution in [0.4, 0.5) is 0 Å². The smallest absolute Gasteiger partial charge is 0.323 e. The van der Waals surface area contributed by atoms with Crippen molar-refractivity contribution in [3.05, 3.63) is 18.7 Å². The van der Waals surface area contributed by atoms with E-state index in [4.69, 9.17) is 4.74 Å². The molecule has 1 aromatic heterocycles. The van der Waals surface area contributed by atoms with Crippen molar-refractivity contribution in [2.24, 2.45) is 0 Å². The van der Waals surface area contributed by atoms with Crippen molar-refractivity contribution < 1.29 is 9.53 Å². The van der Waals surface area contributed by atoms with Crippen molar-refractivity contribution >= 4 is 5.97 Å². The van der Waals surface area contributed by atoms with Gasteiger partial charge in [-0.25, -0.2) is 4.98 Å². The summed E-state index contributed by atoms with van der Waals surface area (Å²) < 4.78 is 6.80. The van der Waals surface area contributed by atoms with E-state index in [1.807, 2.05) is 10.8 Å². The minimum Gasteiger partial charge on any atom is -0.468 e. The van der Waals surface area contributed by atoms with Crippen LogP contribution in [0.5, 0.6) is 0 Å². The third kappa shape index (κ3) is 2.09. The Kier molecular flexibility index (Phi) is 3.24. The molecule has 2 heterocycles. The number of imidazole rings is 1. The highest BCUT2D eigenvalue weighted by atomic mass is 16.5. The predicted molar refractivity (Wildman–Crippen MR) is 58.8 cm³/mol. The molecule has 0 aromatic carbocycles. The first-order valence-corrected chi connectivity index (χ1v) is 5.51.